The number of carboxylic acids is 1. The van der Waals surface area contributed by atoms with Gasteiger partial charge in [-0.1, -0.05) is 36.9 Å². The summed E-state index contributed by atoms with van der Waals surface area (Å²) in [6, 6.07) is 13.5. The Balaban J connectivity index is 1.02. The van der Waals surface area contributed by atoms with E-state index in [1.54, 1.807) is 31.2 Å². The van der Waals surface area contributed by atoms with Crippen molar-refractivity contribution in [2.24, 2.45) is 22.7 Å². The fourth-order valence-electron chi connectivity index (χ4n) is 10.2. The summed E-state index contributed by atoms with van der Waals surface area (Å²) in [7, 11) is 0. The number of rotatable bonds is 12. The van der Waals surface area contributed by atoms with Gasteiger partial charge in [-0.25, -0.2) is 8.78 Å². The van der Waals surface area contributed by atoms with Crippen molar-refractivity contribution < 1.29 is 57.5 Å². The number of nitrogens with one attached hydrogen (secondary N) is 2. The zero-order valence-electron chi connectivity index (χ0n) is 31.7. The maximum atomic E-state index is 17.7. The van der Waals surface area contributed by atoms with Crippen LogP contribution in [0, 0.1) is 22.7 Å². The number of aliphatic hydroxyl groups is 2. The van der Waals surface area contributed by atoms with Crippen molar-refractivity contribution in [3.8, 4) is 0 Å². The van der Waals surface area contributed by atoms with Gasteiger partial charge in [0, 0.05) is 50.6 Å². The Hall–Kier alpha value is -4.28. The highest BCUT2D eigenvalue weighted by Gasteiger charge is 2.80. The number of halogens is 2. The van der Waals surface area contributed by atoms with E-state index in [1.165, 1.54) is 37.8 Å². The molecule has 1 saturated heterocycles. The van der Waals surface area contributed by atoms with Crippen LogP contribution in [-0.2, 0) is 33.4 Å². The largest absolute Gasteiger partial charge is 0.481 e. The van der Waals surface area contributed by atoms with Crippen LogP contribution in [0.5, 0.6) is 0 Å². The van der Waals surface area contributed by atoms with Gasteiger partial charge in [0.05, 0.1) is 12.2 Å². The van der Waals surface area contributed by atoms with Crippen molar-refractivity contribution in [1.82, 2.24) is 5.32 Å². The number of benzene rings is 2. The predicted octanol–water partition coefficient (Wildman–Crippen LogP) is 5.18. The minimum absolute atomic E-state index is 0.00149. The molecule has 304 valence electrons. The van der Waals surface area contributed by atoms with E-state index < -0.39 is 101 Å². The maximum Gasteiger partial charge on any atom is 0.303 e. The average Bonchev–Trinajstić information content (AvgIpc) is 3.67. The van der Waals surface area contributed by atoms with Crippen molar-refractivity contribution in [2.75, 3.05) is 11.9 Å². The van der Waals surface area contributed by atoms with Gasteiger partial charge in [-0.05, 0) is 99.6 Å². The van der Waals surface area contributed by atoms with E-state index in [4.69, 9.17) is 14.6 Å². The van der Waals surface area contributed by atoms with E-state index >= 15 is 8.78 Å². The van der Waals surface area contributed by atoms with Gasteiger partial charge in [0.2, 0.25) is 11.8 Å². The predicted molar refractivity (Wildman–Crippen MR) is 202 cm³/mol. The monoisotopic (exact) mass is 808 g/mol. The summed E-state index contributed by atoms with van der Waals surface area (Å²) in [6.45, 7) is 3.92. The van der Waals surface area contributed by atoms with E-state index in [0.717, 1.165) is 15.9 Å². The molecule has 5 N–H and O–H groups in total. The summed E-state index contributed by atoms with van der Waals surface area (Å²) in [5, 5.41) is 36.0. The summed E-state index contributed by atoms with van der Waals surface area (Å²) in [6.07, 6.45) is -1.82. The lowest BCUT2D eigenvalue weighted by Gasteiger charge is -2.63. The lowest BCUT2D eigenvalue weighted by molar-refractivity contribution is -0.235. The van der Waals surface area contributed by atoms with Gasteiger partial charge in [0.15, 0.2) is 29.1 Å². The zero-order chi connectivity index (χ0) is 41.1. The van der Waals surface area contributed by atoms with Crippen molar-refractivity contribution in [3.63, 3.8) is 0 Å². The van der Waals surface area contributed by atoms with Crippen LogP contribution in [0.15, 0.2) is 82.1 Å². The summed E-state index contributed by atoms with van der Waals surface area (Å²) in [4.78, 5) is 63.0. The maximum absolute atomic E-state index is 17.7. The Morgan fingerprint density at radius 1 is 1.00 bits per heavy atom. The Bertz CT molecular complexity index is 2030. The molecule has 15 heteroatoms. The SMILES string of the molecule is C[C@H](NC(=O)CCCC(=O)O)C(=O)Nc1ccc(Sc2ccc([C@@H]3O[C@@H]4CC5[C@@H]6C[C@H](F)C7=CC(=O)C=C[C@]7(C)[C@@]6(F)[C@@H](O)C[C@]5(C)[C@]4(C(=O)CO)O3)cc2)cc1. The van der Waals surface area contributed by atoms with Crippen LogP contribution in [0.2, 0.25) is 0 Å². The van der Waals surface area contributed by atoms with Crippen LogP contribution < -0.4 is 10.6 Å². The number of carbonyl (C=O) groups excluding carboxylic acids is 4. The Labute approximate surface area is 332 Å². The Kier molecular flexibility index (Phi) is 10.9. The van der Waals surface area contributed by atoms with Crippen molar-refractivity contribution in [2.45, 2.75) is 111 Å². The summed E-state index contributed by atoms with van der Waals surface area (Å²) in [5.41, 5.74) is -5.76. The van der Waals surface area contributed by atoms with Gasteiger partial charge in [-0.15, -0.1) is 0 Å². The number of Topliss-reactive ketones (excluding diaryl/α,β-unsaturated/α-hetero) is 1. The first-order valence-electron chi connectivity index (χ1n) is 19.1. The van der Waals surface area contributed by atoms with Crippen LogP contribution in [-0.4, -0.2) is 87.0 Å². The van der Waals surface area contributed by atoms with Gasteiger partial charge in [0.1, 0.15) is 18.8 Å². The molecule has 2 aromatic carbocycles. The number of carboxylic acid groups (broad SMARTS) is 1. The highest BCUT2D eigenvalue weighted by Crippen LogP contribution is 2.72. The van der Waals surface area contributed by atoms with Crippen LogP contribution >= 0.6 is 11.8 Å². The average molecular weight is 809 g/mol. The molecule has 4 aliphatic carbocycles. The second kappa shape index (κ2) is 15.1. The first-order valence-corrected chi connectivity index (χ1v) is 19.9. The molecule has 11 atom stereocenters. The number of amides is 2. The number of ketones is 2. The second-order valence-corrected chi connectivity index (χ2v) is 17.4. The summed E-state index contributed by atoms with van der Waals surface area (Å²) >= 11 is 1.45. The molecule has 0 aromatic heterocycles. The number of allylic oxidation sites excluding steroid dienone is 4. The summed E-state index contributed by atoms with van der Waals surface area (Å²) < 4.78 is 46.6. The van der Waals surface area contributed by atoms with Crippen LogP contribution in [0.3, 0.4) is 0 Å². The molecule has 4 fully saturated rings. The molecule has 12 nitrogen and oxygen atoms in total. The lowest BCUT2D eigenvalue weighted by Crippen LogP contribution is -2.70. The number of anilines is 1. The number of aliphatic hydroxyl groups excluding tert-OH is 2. The standard InChI is InChI=1S/C42H46F2N2O10S/c1-22(45-35(51)5-4-6-36(52)53)37(54)46-24-9-13-27(14-10-24)57-26-11-7-23(8-12-26)38-55-34-19-28-29-18-31(43)30-17-25(48)15-16-39(30,2)41(29,44)32(49)20-40(28,3)42(34,56-38)33(50)21-47/h7-17,22,28-29,31-32,34,38,47,49H,4-6,18-21H2,1-3H3,(H,45,51)(H,46,54)(H,52,53)/t22-,28?,29-,31-,32-,34+,38+,39-,40-,41-,42+/m0/s1. The van der Waals surface area contributed by atoms with Crippen LogP contribution in [0.4, 0.5) is 14.5 Å². The lowest BCUT2D eigenvalue weighted by atomic mass is 9.44. The van der Waals surface area contributed by atoms with E-state index in [9.17, 15) is 34.2 Å². The van der Waals surface area contributed by atoms with Crippen LogP contribution in [0.25, 0.3) is 0 Å². The minimum atomic E-state index is -2.34. The first kappa shape index (κ1) is 40.9. The van der Waals surface area contributed by atoms with Crippen molar-refractivity contribution >= 4 is 46.8 Å². The molecule has 2 aromatic rings. The summed E-state index contributed by atoms with van der Waals surface area (Å²) in [5.74, 6) is -4.62. The van der Waals surface area contributed by atoms with Crippen molar-refractivity contribution in [1.29, 1.82) is 0 Å². The molecule has 2 amide bonds. The number of ether oxygens (including phenoxy) is 2. The molecule has 7 rings (SSSR count). The van der Waals surface area contributed by atoms with Gasteiger partial charge >= 0.3 is 5.97 Å². The highest BCUT2D eigenvalue weighted by molar-refractivity contribution is 7.99. The Morgan fingerprint density at radius 3 is 2.32 bits per heavy atom. The third-order valence-electron chi connectivity index (χ3n) is 13.0. The Morgan fingerprint density at radius 2 is 1.67 bits per heavy atom. The van der Waals surface area contributed by atoms with E-state index in [-0.39, 0.29) is 44.1 Å². The van der Waals surface area contributed by atoms with E-state index in [2.05, 4.69) is 10.6 Å². The van der Waals surface area contributed by atoms with Gasteiger partial charge in [-0.3, -0.25) is 24.0 Å². The first-order chi connectivity index (χ1) is 27.0. The molecular formula is C42H46F2N2O10S. The molecule has 1 unspecified atom stereocenters. The molecule has 0 spiro atoms. The molecule has 3 saturated carbocycles. The smallest absolute Gasteiger partial charge is 0.303 e. The number of hydrogen-bond donors (Lipinski definition) is 5. The quantitative estimate of drug-likeness (QED) is 0.190. The number of alkyl halides is 2. The molecule has 5 aliphatic rings. The third kappa shape index (κ3) is 6.74. The highest BCUT2D eigenvalue weighted by atomic mass is 32.2. The van der Waals surface area contributed by atoms with Crippen molar-refractivity contribution in [3.05, 3.63) is 77.9 Å². The topological polar surface area (TPSA) is 189 Å². The molecule has 1 heterocycles. The molecule has 1 aliphatic heterocycles. The van der Waals surface area contributed by atoms with Crippen LogP contribution in [0.1, 0.15) is 71.1 Å². The second-order valence-electron chi connectivity index (χ2n) is 16.2. The third-order valence-corrected chi connectivity index (χ3v) is 14.0. The van der Waals surface area contributed by atoms with E-state index in [0.29, 0.717) is 11.3 Å². The number of carbonyl (C=O) groups is 5. The van der Waals surface area contributed by atoms with E-state index in [1.807, 2.05) is 24.3 Å². The molecule has 57 heavy (non-hydrogen) atoms. The van der Waals surface area contributed by atoms with Gasteiger partial charge in [-0.2, -0.15) is 0 Å². The fraction of sp³-hybridized carbons (Fsp3) is 0.500. The van der Waals surface area contributed by atoms with Gasteiger partial charge in [0.25, 0.3) is 0 Å². The molecule has 0 radical (unpaired) electrons. The number of fused-ring (bicyclic) bond motifs is 7. The van der Waals surface area contributed by atoms with Gasteiger partial charge < -0.3 is 35.4 Å². The fourth-order valence-corrected chi connectivity index (χ4v) is 11.0. The number of aliphatic carboxylic acids is 1. The minimum Gasteiger partial charge on any atom is -0.481 e. The number of hydrogen-bond acceptors (Lipinski definition) is 10. The molecular weight excluding hydrogens is 763 g/mol. The normalized spacial score (nSPS) is 35.6. The zero-order valence-corrected chi connectivity index (χ0v) is 32.5. The molecule has 0 bridgehead atoms.